The summed E-state index contributed by atoms with van der Waals surface area (Å²) in [4.78, 5) is 23.6. The van der Waals surface area contributed by atoms with E-state index in [1.807, 2.05) is 24.3 Å². The van der Waals surface area contributed by atoms with Crippen molar-refractivity contribution < 1.29 is 19.1 Å². The highest BCUT2D eigenvalue weighted by atomic mass is 16.5. The number of rotatable bonds is 7. The van der Waals surface area contributed by atoms with Crippen molar-refractivity contribution in [3.05, 3.63) is 83.9 Å². The molecule has 0 radical (unpaired) electrons. The Morgan fingerprint density at radius 3 is 1.81 bits per heavy atom. The Morgan fingerprint density at radius 1 is 0.742 bits per heavy atom. The maximum absolute atomic E-state index is 12.5. The van der Waals surface area contributed by atoms with Gasteiger partial charge in [-0.1, -0.05) is 0 Å². The fourth-order valence-electron chi connectivity index (χ4n) is 3.52. The lowest BCUT2D eigenvalue weighted by molar-refractivity contribution is 0.0997. The first-order valence-corrected chi connectivity index (χ1v) is 10.3. The molecule has 1 saturated carbocycles. The largest absolute Gasteiger partial charge is 0.490 e. The Hall–Kier alpha value is -3.80. The van der Waals surface area contributed by atoms with Crippen LogP contribution in [0.2, 0.25) is 0 Å². The van der Waals surface area contributed by atoms with Crippen molar-refractivity contribution in [2.45, 2.75) is 31.8 Å². The number of anilines is 1. The van der Waals surface area contributed by atoms with Crippen LogP contribution in [0.1, 0.15) is 46.4 Å². The van der Waals surface area contributed by atoms with Crippen LogP contribution in [0.5, 0.6) is 17.2 Å². The quantitative estimate of drug-likeness (QED) is 0.557. The van der Waals surface area contributed by atoms with E-state index in [0.717, 1.165) is 18.6 Å². The van der Waals surface area contributed by atoms with E-state index in [0.29, 0.717) is 34.4 Å². The second-order valence-electron chi connectivity index (χ2n) is 7.52. The molecule has 0 heterocycles. The number of carbonyl (C=O) groups excluding carboxylic acids is 2. The molecule has 0 spiro atoms. The van der Waals surface area contributed by atoms with Crippen LogP contribution < -0.4 is 20.5 Å². The molecular weight excluding hydrogens is 392 g/mol. The van der Waals surface area contributed by atoms with Crippen molar-refractivity contribution >= 4 is 17.5 Å². The number of primary amides is 1. The number of benzene rings is 3. The van der Waals surface area contributed by atoms with Gasteiger partial charge in [-0.2, -0.15) is 0 Å². The number of carbonyl (C=O) groups is 2. The van der Waals surface area contributed by atoms with Crippen molar-refractivity contribution in [1.29, 1.82) is 0 Å². The Balaban J connectivity index is 1.33. The first-order valence-electron chi connectivity index (χ1n) is 10.3. The predicted molar refractivity (Wildman–Crippen MR) is 119 cm³/mol. The topological polar surface area (TPSA) is 90.7 Å². The van der Waals surface area contributed by atoms with Crippen molar-refractivity contribution in [2.75, 3.05) is 5.32 Å². The lowest BCUT2D eigenvalue weighted by atomic mass is 10.2. The van der Waals surface area contributed by atoms with Crippen molar-refractivity contribution in [3.63, 3.8) is 0 Å². The van der Waals surface area contributed by atoms with Crippen LogP contribution in [-0.2, 0) is 0 Å². The van der Waals surface area contributed by atoms with Crippen LogP contribution in [0.15, 0.2) is 72.8 Å². The van der Waals surface area contributed by atoms with E-state index in [-0.39, 0.29) is 5.91 Å². The minimum atomic E-state index is -0.488. The second kappa shape index (κ2) is 9.34. The van der Waals surface area contributed by atoms with Gasteiger partial charge in [-0.15, -0.1) is 0 Å². The Morgan fingerprint density at radius 2 is 1.26 bits per heavy atom. The summed E-state index contributed by atoms with van der Waals surface area (Å²) in [6, 6.07) is 20.8. The number of hydrogen-bond donors (Lipinski definition) is 2. The van der Waals surface area contributed by atoms with Gasteiger partial charge in [0.1, 0.15) is 17.2 Å². The number of amides is 2. The summed E-state index contributed by atoms with van der Waals surface area (Å²) in [5.41, 5.74) is 6.87. The third-order valence-corrected chi connectivity index (χ3v) is 5.21. The van der Waals surface area contributed by atoms with Gasteiger partial charge in [0.15, 0.2) is 0 Å². The van der Waals surface area contributed by atoms with Crippen LogP contribution in [0.3, 0.4) is 0 Å². The van der Waals surface area contributed by atoms with E-state index in [9.17, 15) is 9.59 Å². The normalized spacial score (nSPS) is 13.5. The number of hydrogen-bond acceptors (Lipinski definition) is 4. The molecule has 4 rings (SSSR count). The van der Waals surface area contributed by atoms with Crippen LogP contribution in [-0.4, -0.2) is 17.9 Å². The van der Waals surface area contributed by atoms with Gasteiger partial charge in [0.05, 0.1) is 6.10 Å². The summed E-state index contributed by atoms with van der Waals surface area (Å²) >= 11 is 0. The van der Waals surface area contributed by atoms with Crippen molar-refractivity contribution in [1.82, 2.24) is 0 Å². The molecular formula is C25H24N2O4. The summed E-state index contributed by atoms with van der Waals surface area (Å²) in [7, 11) is 0. The van der Waals surface area contributed by atoms with Crippen LogP contribution >= 0.6 is 0 Å². The van der Waals surface area contributed by atoms with E-state index < -0.39 is 5.91 Å². The van der Waals surface area contributed by atoms with Crippen LogP contribution in [0.25, 0.3) is 0 Å². The van der Waals surface area contributed by atoms with Crippen molar-refractivity contribution in [3.8, 4) is 17.2 Å². The summed E-state index contributed by atoms with van der Waals surface area (Å²) in [5, 5.41) is 2.89. The molecule has 0 bridgehead atoms. The number of nitrogens with one attached hydrogen (secondary N) is 1. The van der Waals surface area contributed by atoms with Gasteiger partial charge < -0.3 is 20.5 Å². The van der Waals surface area contributed by atoms with E-state index in [2.05, 4.69) is 5.32 Å². The zero-order valence-corrected chi connectivity index (χ0v) is 17.0. The van der Waals surface area contributed by atoms with Gasteiger partial charge in [0.25, 0.3) is 5.91 Å². The van der Waals surface area contributed by atoms with Crippen molar-refractivity contribution in [2.24, 2.45) is 5.73 Å². The molecule has 2 amide bonds. The Labute approximate surface area is 181 Å². The van der Waals surface area contributed by atoms with E-state index >= 15 is 0 Å². The third-order valence-electron chi connectivity index (χ3n) is 5.21. The fourth-order valence-corrected chi connectivity index (χ4v) is 3.52. The number of nitrogens with two attached hydrogens (primary N) is 1. The molecule has 3 aromatic carbocycles. The second-order valence-corrected chi connectivity index (χ2v) is 7.52. The van der Waals surface area contributed by atoms with Gasteiger partial charge in [0.2, 0.25) is 5.91 Å². The van der Waals surface area contributed by atoms with E-state index in [1.54, 1.807) is 48.5 Å². The smallest absolute Gasteiger partial charge is 0.255 e. The summed E-state index contributed by atoms with van der Waals surface area (Å²) in [6.07, 6.45) is 4.98. The minimum absolute atomic E-state index is 0.207. The van der Waals surface area contributed by atoms with Gasteiger partial charge in [-0.3, -0.25) is 9.59 Å². The highest BCUT2D eigenvalue weighted by Gasteiger charge is 2.16. The van der Waals surface area contributed by atoms with Gasteiger partial charge in [-0.05, 0) is 98.5 Å². The van der Waals surface area contributed by atoms with Crippen LogP contribution in [0.4, 0.5) is 5.69 Å². The highest BCUT2D eigenvalue weighted by Crippen LogP contribution is 2.26. The molecule has 158 valence electrons. The molecule has 1 aliphatic rings. The molecule has 3 N–H and O–H groups in total. The molecule has 3 aromatic rings. The maximum Gasteiger partial charge on any atom is 0.255 e. The first-order chi connectivity index (χ1) is 15.1. The van der Waals surface area contributed by atoms with E-state index in [4.69, 9.17) is 15.2 Å². The summed E-state index contributed by atoms with van der Waals surface area (Å²) in [6.45, 7) is 0. The molecule has 1 aliphatic carbocycles. The minimum Gasteiger partial charge on any atom is -0.490 e. The third kappa shape index (κ3) is 5.42. The average Bonchev–Trinajstić information content (AvgIpc) is 3.29. The first kappa shape index (κ1) is 20.5. The molecule has 0 atom stereocenters. The Kier molecular flexibility index (Phi) is 6.17. The van der Waals surface area contributed by atoms with Crippen LogP contribution in [0, 0.1) is 0 Å². The lowest BCUT2D eigenvalue weighted by Gasteiger charge is -2.13. The summed E-state index contributed by atoms with van der Waals surface area (Å²) < 4.78 is 11.7. The zero-order valence-electron chi connectivity index (χ0n) is 17.0. The summed E-state index contributed by atoms with van der Waals surface area (Å²) in [5.74, 6) is 1.29. The molecule has 0 aliphatic heterocycles. The molecule has 1 fully saturated rings. The van der Waals surface area contributed by atoms with Gasteiger partial charge in [0, 0.05) is 16.8 Å². The average molecular weight is 416 g/mol. The standard InChI is InChI=1S/C25H24N2O4/c26-24(28)17-5-11-21(12-6-17)31-22-13-7-18(8-14-22)25(29)27-19-9-15-23(16-10-19)30-20-3-1-2-4-20/h5-16,20H,1-4H2,(H2,26,28)(H,27,29). The zero-order chi connectivity index (χ0) is 21.6. The number of ether oxygens (including phenoxy) is 2. The predicted octanol–water partition coefficient (Wildman–Crippen LogP) is 5.15. The molecule has 31 heavy (non-hydrogen) atoms. The fraction of sp³-hybridized carbons (Fsp3) is 0.200. The Bertz CT molecular complexity index is 1040. The lowest BCUT2D eigenvalue weighted by Crippen LogP contribution is -2.12. The van der Waals surface area contributed by atoms with E-state index in [1.165, 1.54) is 12.8 Å². The molecule has 6 heteroatoms. The maximum atomic E-state index is 12.5. The van der Waals surface area contributed by atoms with Gasteiger partial charge in [-0.25, -0.2) is 0 Å². The highest BCUT2D eigenvalue weighted by molar-refractivity contribution is 6.04. The molecule has 6 nitrogen and oxygen atoms in total. The molecule has 0 aromatic heterocycles. The monoisotopic (exact) mass is 416 g/mol. The molecule has 0 saturated heterocycles. The van der Waals surface area contributed by atoms with Gasteiger partial charge >= 0.3 is 0 Å². The SMILES string of the molecule is NC(=O)c1ccc(Oc2ccc(C(=O)Nc3ccc(OC4CCCC4)cc3)cc2)cc1. The molecule has 0 unspecified atom stereocenters.